The van der Waals surface area contributed by atoms with Gasteiger partial charge in [-0.05, 0) is 24.6 Å². The Morgan fingerprint density at radius 3 is 2.82 bits per heavy atom. The number of nitrogens with two attached hydrogens (primary N) is 1. The molecule has 0 aliphatic heterocycles. The fraction of sp³-hybridized carbons (Fsp3) is 0.538. The van der Waals surface area contributed by atoms with Crippen molar-refractivity contribution in [1.29, 1.82) is 0 Å². The van der Waals surface area contributed by atoms with Crippen LogP contribution in [0, 0.1) is 5.92 Å². The molecule has 0 saturated carbocycles. The van der Waals surface area contributed by atoms with E-state index in [-0.39, 0.29) is 11.8 Å². The summed E-state index contributed by atoms with van der Waals surface area (Å²) < 4.78 is 0. The van der Waals surface area contributed by atoms with Gasteiger partial charge in [-0.25, -0.2) is 0 Å². The van der Waals surface area contributed by atoms with Crippen molar-refractivity contribution in [3.63, 3.8) is 0 Å². The van der Waals surface area contributed by atoms with Crippen LogP contribution in [0.5, 0.6) is 0 Å². The number of hydrogen-bond donors (Lipinski definition) is 1. The molecule has 1 aromatic rings. The van der Waals surface area contributed by atoms with Crippen molar-refractivity contribution >= 4 is 5.91 Å². The van der Waals surface area contributed by atoms with Crippen LogP contribution in [-0.4, -0.2) is 29.4 Å². The van der Waals surface area contributed by atoms with Crippen LogP contribution < -0.4 is 5.73 Å². The van der Waals surface area contributed by atoms with Gasteiger partial charge in [-0.3, -0.25) is 9.78 Å². The Bertz CT molecular complexity index is 336. The standard InChI is InChI=1S/C13H21N3O/c1-3-11(9-14)8-13(17)16(2)10-12-6-4-5-7-15-12/h4-7,11H,3,8-10,14H2,1-2H3. The normalized spacial score (nSPS) is 12.2. The lowest BCUT2D eigenvalue weighted by Crippen LogP contribution is -2.30. The third-order valence-corrected chi connectivity index (χ3v) is 2.93. The van der Waals surface area contributed by atoms with Gasteiger partial charge in [0.15, 0.2) is 0 Å². The van der Waals surface area contributed by atoms with E-state index < -0.39 is 0 Å². The molecule has 1 rings (SSSR count). The Balaban J connectivity index is 2.47. The number of pyridine rings is 1. The van der Waals surface area contributed by atoms with Crippen LogP contribution in [0.2, 0.25) is 0 Å². The van der Waals surface area contributed by atoms with Gasteiger partial charge < -0.3 is 10.6 Å². The second kappa shape index (κ2) is 7.01. The molecule has 0 spiro atoms. The van der Waals surface area contributed by atoms with Crippen molar-refractivity contribution in [2.45, 2.75) is 26.3 Å². The van der Waals surface area contributed by atoms with E-state index in [9.17, 15) is 4.79 Å². The van der Waals surface area contributed by atoms with Gasteiger partial charge in [0.1, 0.15) is 0 Å². The molecule has 0 bridgehead atoms. The second-order valence-electron chi connectivity index (χ2n) is 4.28. The number of carbonyl (C=O) groups is 1. The van der Waals surface area contributed by atoms with Gasteiger partial charge in [-0.15, -0.1) is 0 Å². The van der Waals surface area contributed by atoms with Gasteiger partial charge in [-0.1, -0.05) is 19.4 Å². The summed E-state index contributed by atoms with van der Waals surface area (Å²) in [5.41, 5.74) is 6.51. The number of amides is 1. The quantitative estimate of drug-likeness (QED) is 0.811. The lowest BCUT2D eigenvalue weighted by molar-refractivity contribution is -0.131. The van der Waals surface area contributed by atoms with E-state index in [1.807, 2.05) is 18.2 Å². The number of nitrogens with zero attached hydrogens (tertiary/aromatic N) is 2. The summed E-state index contributed by atoms with van der Waals surface area (Å²) in [6.07, 6.45) is 3.21. The molecule has 1 unspecified atom stereocenters. The molecule has 1 aromatic heterocycles. The fourth-order valence-electron chi connectivity index (χ4n) is 1.62. The summed E-state index contributed by atoms with van der Waals surface area (Å²) in [4.78, 5) is 17.8. The first-order chi connectivity index (χ1) is 8.17. The van der Waals surface area contributed by atoms with Crippen molar-refractivity contribution in [3.05, 3.63) is 30.1 Å². The molecule has 0 radical (unpaired) electrons. The average molecular weight is 235 g/mol. The van der Waals surface area contributed by atoms with E-state index in [4.69, 9.17) is 5.73 Å². The highest BCUT2D eigenvalue weighted by atomic mass is 16.2. The molecule has 94 valence electrons. The minimum absolute atomic E-state index is 0.132. The van der Waals surface area contributed by atoms with Gasteiger partial charge in [0.25, 0.3) is 0 Å². The van der Waals surface area contributed by atoms with Crippen LogP contribution >= 0.6 is 0 Å². The number of aromatic nitrogens is 1. The molecule has 2 N–H and O–H groups in total. The van der Waals surface area contributed by atoms with Crippen molar-refractivity contribution < 1.29 is 4.79 Å². The zero-order valence-corrected chi connectivity index (χ0v) is 10.6. The number of rotatable bonds is 6. The van der Waals surface area contributed by atoms with E-state index in [1.54, 1.807) is 18.1 Å². The summed E-state index contributed by atoms with van der Waals surface area (Å²) in [6.45, 7) is 3.18. The fourth-order valence-corrected chi connectivity index (χ4v) is 1.62. The molecule has 1 atom stereocenters. The molecule has 0 saturated heterocycles. The highest BCUT2D eigenvalue weighted by Crippen LogP contribution is 2.09. The second-order valence-corrected chi connectivity index (χ2v) is 4.28. The first-order valence-electron chi connectivity index (χ1n) is 6.01. The largest absolute Gasteiger partial charge is 0.340 e. The Kier molecular flexibility index (Phi) is 5.63. The predicted molar refractivity (Wildman–Crippen MR) is 68.2 cm³/mol. The van der Waals surface area contributed by atoms with Crippen LogP contribution in [-0.2, 0) is 11.3 Å². The Morgan fingerprint density at radius 1 is 1.53 bits per heavy atom. The molecule has 1 heterocycles. The maximum absolute atomic E-state index is 11.9. The Labute approximate surface area is 103 Å². The maximum atomic E-state index is 11.9. The lowest BCUT2D eigenvalue weighted by Gasteiger charge is -2.19. The number of hydrogen-bond acceptors (Lipinski definition) is 3. The summed E-state index contributed by atoms with van der Waals surface area (Å²) in [5.74, 6) is 0.418. The van der Waals surface area contributed by atoms with Crippen LogP contribution in [0.3, 0.4) is 0 Å². The van der Waals surface area contributed by atoms with Crippen molar-refractivity contribution in [1.82, 2.24) is 9.88 Å². The first kappa shape index (κ1) is 13.6. The van der Waals surface area contributed by atoms with Crippen LogP contribution in [0.1, 0.15) is 25.5 Å². The van der Waals surface area contributed by atoms with Gasteiger partial charge >= 0.3 is 0 Å². The third-order valence-electron chi connectivity index (χ3n) is 2.93. The Hall–Kier alpha value is -1.42. The summed E-state index contributed by atoms with van der Waals surface area (Å²) in [6, 6.07) is 5.71. The molecule has 17 heavy (non-hydrogen) atoms. The average Bonchev–Trinajstić information content (AvgIpc) is 2.36. The maximum Gasteiger partial charge on any atom is 0.222 e. The van der Waals surface area contributed by atoms with E-state index >= 15 is 0 Å². The Morgan fingerprint density at radius 2 is 2.29 bits per heavy atom. The van der Waals surface area contributed by atoms with Crippen molar-refractivity contribution in [2.24, 2.45) is 11.7 Å². The minimum atomic E-state index is 0.132. The molecule has 0 fully saturated rings. The minimum Gasteiger partial charge on any atom is -0.340 e. The zero-order valence-electron chi connectivity index (χ0n) is 10.6. The molecule has 0 aliphatic rings. The van der Waals surface area contributed by atoms with Gasteiger partial charge in [0.2, 0.25) is 5.91 Å². The van der Waals surface area contributed by atoms with Gasteiger partial charge in [0, 0.05) is 19.7 Å². The monoisotopic (exact) mass is 235 g/mol. The highest BCUT2D eigenvalue weighted by molar-refractivity contribution is 5.76. The van der Waals surface area contributed by atoms with E-state index in [0.717, 1.165) is 12.1 Å². The molecule has 4 nitrogen and oxygen atoms in total. The van der Waals surface area contributed by atoms with E-state index in [2.05, 4.69) is 11.9 Å². The first-order valence-corrected chi connectivity index (χ1v) is 6.01. The predicted octanol–water partition coefficient (Wildman–Crippen LogP) is 1.41. The smallest absolute Gasteiger partial charge is 0.222 e. The van der Waals surface area contributed by atoms with E-state index in [1.165, 1.54) is 0 Å². The summed E-state index contributed by atoms with van der Waals surface area (Å²) in [5, 5.41) is 0. The SMILES string of the molecule is CCC(CN)CC(=O)N(C)Cc1ccccn1. The number of carbonyl (C=O) groups excluding carboxylic acids is 1. The van der Waals surface area contributed by atoms with Crippen LogP contribution in [0.15, 0.2) is 24.4 Å². The molecule has 0 aliphatic carbocycles. The topological polar surface area (TPSA) is 59.2 Å². The van der Waals surface area contributed by atoms with Gasteiger partial charge in [0.05, 0.1) is 12.2 Å². The van der Waals surface area contributed by atoms with Gasteiger partial charge in [-0.2, -0.15) is 0 Å². The van der Waals surface area contributed by atoms with Crippen molar-refractivity contribution in [3.8, 4) is 0 Å². The van der Waals surface area contributed by atoms with Crippen molar-refractivity contribution in [2.75, 3.05) is 13.6 Å². The molecular weight excluding hydrogens is 214 g/mol. The van der Waals surface area contributed by atoms with Crippen LogP contribution in [0.25, 0.3) is 0 Å². The third kappa shape index (κ3) is 4.53. The van der Waals surface area contributed by atoms with Crippen LogP contribution in [0.4, 0.5) is 0 Å². The highest BCUT2D eigenvalue weighted by Gasteiger charge is 2.14. The van der Waals surface area contributed by atoms with E-state index in [0.29, 0.717) is 19.5 Å². The molecule has 1 amide bonds. The molecular formula is C13H21N3O. The lowest BCUT2D eigenvalue weighted by atomic mass is 10.0. The summed E-state index contributed by atoms with van der Waals surface area (Å²) in [7, 11) is 1.81. The molecule has 4 heteroatoms. The molecule has 0 aromatic carbocycles. The summed E-state index contributed by atoms with van der Waals surface area (Å²) >= 11 is 0. The zero-order chi connectivity index (χ0) is 12.7.